The number of anilines is 1. The minimum atomic E-state index is -3.42. The number of amides is 1. The summed E-state index contributed by atoms with van der Waals surface area (Å²) in [5.74, 6) is -1.96. The zero-order valence-corrected chi connectivity index (χ0v) is 11.8. The van der Waals surface area contributed by atoms with Gasteiger partial charge in [0, 0.05) is 10.7 Å². The first kappa shape index (κ1) is 14.4. The van der Waals surface area contributed by atoms with Gasteiger partial charge >= 0.3 is 0 Å². The molecule has 1 aromatic carbocycles. The van der Waals surface area contributed by atoms with Crippen molar-refractivity contribution in [2.45, 2.75) is 0 Å². The molecule has 0 aliphatic carbocycles. The van der Waals surface area contributed by atoms with Crippen LogP contribution in [-0.2, 0) is 14.6 Å². The van der Waals surface area contributed by atoms with Crippen molar-refractivity contribution < 1.29 is 17.6 Å². The van der Waals surface area contributed by atoms with E-state index in [1.807, 2.05) is 0 Å². The van der Waals surface area contributed by atoms with E-state index in [2.05, 4.69) is 21.2 Å². The number of hydrogen-bond acceptors (Lipinski definition) is 3. The molecule has 0 aliphatic heterocycles. The minimum absolute atomic E-state index is 0.0151. The van der Waals surface area contributed by atoms with Gasteiger partial charge in [-0.15, -0.1) is 0 Å². The Bertz CT molecular complexity index is 538. The van der Waals surface area contributed by atoms with E-state index in [4.69, 9.17) is 11.6 Å². The number of sulfone groups is 1. The van der Waals surface area contributed by atoms with Crippen molar-refractivity contribution in [2.24, 2.45) is 0 Å². The zero-order chi connectivity index (χ0) is 13.2. The number of benzene rings is 1. The average molecular weight is 345 g/mol. The van der Waals surface area contributed by atoms with E-state index >= 15 is 0 Å². The van der Waals surface area contributed by atoms with Crippen molar-refractivity contribution in [3.63, 3.8) is 0 Å². The lowest BCUT2D eigenvalue weighted by molar-refractivity contribution is -0.113. The van der Waals surface area contributed by atoms with Crippen molar-refractivity contribution >= 4 is 49.0 Å². The molecule has 0 bridgehead atoms. The number of nitrogens with one attached hydrogen (secondary N) is 1. The number of hydrogen-bond donors (Lipinski definition) is 1. The molecule has 0 saturated heterocycles. The maximum Gasteiger partial charge on any atom is 0.239 e. The van der Waals surface area contributed by atoms with Gasteiger partial charge in [0.2, 0.25) is 5.91 Å². The molecule has 1 aromatic rings. The van der Waals surface area contributed by atoms with E-state index in [1.54, 1.807) is 0 Å². The summed E-state index contributed by atoms with van der Waals surface area (Å²) in [4.78, 5) is 11.4. The SMILES string of the molecule is CS(=O)(=O)CC(=O)Nc1c(Cl)cc(F)cc1Br. The van der Waals surface area contributed by atoms with Gasteiger partial charge in [-0.2, -0.15) is 0 Å². The van der Waals surface area contributed by atoms with Gasteiger partial charge in [0.1, 0.15) is 11.6 Å². The molecule has 4 nitrogen and oxygen atoms in total. The Morgan fingerprint density at radius 1 is 1.53 bits per heavy atom. The van der Waals surface area contributed by atoms with Crippen molar-refractivity contribution in [1.29, 1.82) is 0 Å². The second kappa shape index (κ2) is 5.32. The van der Waals surface area contributed by atoms with Crippen LogP contribution in [0.25, 0.3) is 0 Å². The molecule has 0 unspecified atom stereocenters. The van der Waals surface area contributed by atoms with Gasteiger partial charge in [-0.25, -0.2) is 12.8 Å². The fourth-order valence-corrected chi connectivity index (χ4v) is 2.52. The molecule has 0 saturated carbocycles. The summed E-state index contributed by atoms with van der Waals surface area (Å²) in [5.41, 5.74) is 0.140. The van der Waals surface area contributed by atoms with Crippen LogP contribution in [0.1, 0.15) is 0 Å². The normalized spacial score (nSPS) is 11.3. The first-order valence-electron chi connectivity index (χ1n) is 4.31. The largest absolute Gasteiger partial charge is 0.323 e. The first-order chi connectivity index (χ1) is 7.69. The lowest BCUT2D eigenvalue weighted by atomic mass is 10.3. The number of rotatable bonds is 3. The van der Waals surface area contributed by atoms with Gasteiger partial charge in [0.25, 0.3) is 0 Å². The average Bonchev–Trinajstić information content (AvgIpc) is 2.08. The van der Waals surface area contributed by atoms with Gasteiger partial charge in [0.15, 0.2) is 9.84 Å². The third kappa shape index (κ3) is 4.61. The van der Waals surface area contributed by atoms with Crippen molar-refractivity contribution in [3.05, 3.63) is 27.4 Å². The predicted molar refractivity (Wildman–Crippen MR) is 67.5 cm³/mol. The minimum Gasteiger partial charge on any atom is -0.323 e. The number of carbonyl (C=O) groups is 1. The topological polar surface area (TPSA) is 63.2 Å². The molecule has 0 spiro atoms. The standard InChI is InChI=1S/C9H8BrClFNO3S/c1-17(15,16)4-8(14)13-9-6(10)2-5(12)3-7(9)11/h2-3H,4H2,1H3,(H,13,14). The molecule has 0 atom stereocenters. The van der Waals surface area contributed by atoms with E-state index in [0.29, 0.717) is 0 Å². The van der Waals surface area contributed by atoms with Crippen LogP contribution in [0.5, 0.6) is 0 Å². The first-order valence-corrected chi connectivity index (χ1v) is 7.54. The molecule has 0 aliphatic rings. The Labute approximate surface area is 111 Å². The molecular formula is C9H8BrClFNO3S. The van der Waals surface area contributed by atoms with Crippen molar-refractivity contribution in [1.82, 2.24) is 0 Å². The summed E-state index contributed by atoms with van der Waals surface area (Å²) in [6.45, 7) is 0. The van der Waals surface area contributed by atoms with Crippen molar-refractivity contribution in [3.8, 4) is 0 Å². The van der Waals surface area contributed by atoms with Gasteiger partial charge in [-0.05, 0) is 28.1 Å². The molecule has 17 heavy (non-hydrogen) atoms. The van der Waals surface area contributed by atoms with Gasteiger partial charge in [-0.3, -0.25) is 4.79 Å². The second-order valence-electron chi connectivity index (χ2n) is 3.36. The molecule has 8 heteroatoms. The number of carbonyl (C=O) groups excluding carboxylic acids is 1. The number of halogens is 3. The lowest BCUT2D eigenvalue weighted by Crippen LogP contribution is -2.22. The highest BCUT2D eigenvalue weighted by Crippen LogP contribution is 2.31. The third-order valence-corrected chi connectivity index (χ3v) is 3.37. The van der Waals surface area contributed by atoms with Crippen molar-refractivity contribution in [2.75, 3.05) is 17.3 Å². The molecule has 1 N–H and O–H groups in total. The van der Waals surface area contributed by atoms with E-state index in [9.17, 15) is 17.6 Å². The van der Waals surface area contributed by atoms with E-state index in [0.717, 1.165) is 18.4 Å². The summed E-state index contributed by atoms with van der Waals surface area (Å²) >= 11 is 8.73. The Morgan fingerprint density at radius 3 is 2.59 bits per heavy atom. The summed E-state index contributed by atoms with van der Waals surface area (Å²) in [7, 11) is -3.42. The highest BCUT2D eigenvalue weighted by molar-refractivity contribution is 9.10. The summed E-state index contributed by atoms with van der Waals surface area (Å²) < 4.78 is 34.9. The van der Waals surface area contributed by atoms with E-state index < -0.39 is 27.3 Å². The molecule has 1 amide bonds. The predicted octanol–water partition coefficient (Wildman–Crippen LogP) is 2.22. The molecule has 0 aromatic heterocycles. The Balaban J connectivity index is 2.93. The van der Waals surface area contributed by atoms with Crippen LogP contribution in [0, 0.1) is 5.82 Å². The molecular weight excluding hydrogens is 337 g/mol. The molecule has 1 rings (SSSR count). The summed E-state index contributed by atoms with van der Waals surface area (Å²) in [5, 5.41) is 2.28. The Morgan fingerprint density at radius 2 is 2.12 bits per heavy atom. The molecule has 0 heterocycles. The quantitative estimate of drug-likeness (QED) is 0.914. The molecule has 0 radical (unpaired) electrons. The van der Waals surface area contributed by atoms with Crippen LogP contribution < -0.4 is 5.32 Å². The van der Waals surface area contributed by atoms with Crippen LogP contribution >= 0.6 is 27.5 Å². The fraction of sp³-hybridized carbons (Fsp3) is 0.222. The Hall–Kier alpha value is -0.660. The van der Waals surface area contributed by atoms with Gasteiger partial charge < -0.3 is 5.32 Å². The van der Waals surface area contributed by atoms with Crippen LogP contribution in [0.2, 0.25) is 5.02 Å². The van der Waals surface area contributed by atoms with E-state index in [1.165, 1.54) is 0 Å². The zero-order valence-electron chi connectivity index (χ0n) is 8.63. The Kier molecular flexibility index (Phi) is 4.51. The third-order valence-electron chi connectivity index (χ3n) is 1.66. The van der Waals surface area contributed by atoms with Gasteiger partial charge in [0.05, 0.1) is 10.7 Å². The summed E-state index contributed by atoms with van der Waals surface area (Å²) in [6.07, 6.45) is 0.938. The van der Waals surface area contributed by atoms with Gasteiger partial charge in [-0.1, -0.05) is 11.6 Å². The smallest absolute Gasteiger partial charge is 0.239 e. The fourth-order valence-electron chi connectivity index (χ4n) is 1.08. The van der Waals surface area contributed by atoms with Crippen LogP contribution in [0.3, 0.4) is 0 Å². The lowest BCUT2D eigenvalue weighted by Gasteiger charge is -2.09. The van der Waals surface area contributed by atoms with E-state index in [-0.39, 0.29) is 15.2 Å². The van der Waals surface area contributed by atoms with Crippen LogP contribution in [0.4, 0.5) is 10.1 Å². The highest BCUT2D eigenvalue weighted by Gasteiger charge is 2.15. The molecule has 94 valence electrons. The van der Waals surface area contributed by atoms with Crippen LogP contribution in [-0.4, -0.2) is 26.3 Å². The maximum atomic E-state index is 12.9. The second-order valence-corrected chi connectivity index (χ2v) is 6.76. The monoisotopic (exact) mass is 343 g/mol. The summed E-state index contributed by atoms with van der Waals surface area (Å²) in [6, 6.07) is 2.13. The maximum absolute atomic E-state index is 12.9. The highest BCUT2D eigenvalue weighted by atomic mass is 79.9. The molecule has 0 fully saturated rings. The van der Waals surface area contributed by atoms with Crippen LogP contribution in [0.15, 0.2) is 16.6 Å².